The average molecular weight is 603 g/mol. The number of nitrogens with zero attached hydrogens (tertiary/aromatic N) is 1. The van der Waals surface area contributed by atoms with Crippen molar-refractivity contribution in [3.05, 3.63) is 91.7 Å². The number of carbonyl (C=O) groups excluding carboxylic acids is 2. The maximum atomic E-state index is 13.2. The Bertz CT molecular complexity index is 1330. The first-order valence-corrected chi connectivity index (χ1v) is 13.8. The van der Waals surface area contributed by atoms with Crippen LogP contribution in [0.1, 0.15) is 36.5 Å². The lowest BCUT2D eigenvalue weighted by molar-refractivity contribution is -0.139. The van der Waals surface area contributed by atoms with Crippen LogP contribution in [0.3, 0.4) is 0 Å². The molecule has 0 aromatic heterocycles. The molecule has 1 aliphatic heterocycles. The molecule has 0 saturated carbocycles. The van der Waals surface area contributed by atoms with Gasteiger partial charge in [0.15, 0.2) is 0 Å². The first kappa shape index (κ1) is 32.1. The number of carbonyl (C=O) groups is 2. The summed E-state index contributed by atoms with van der Waals surface area (Å²) in [6.45, 7) is 5.98. The highest BCUT2D eigenvalue weighted by atomic mass is 35.5. The minimum Gasteiger partial charge on any atom is -0.466 e. The lowest BCUT2D eigenvalue weighted by Crippen LogP contribution is -2.35. The van der Waals surface area contributed by atoms with Crippen LogP contribution < -0.4 is 10.6 Å². The molecular formula is C30H33Cl2N3O6. The first-order valence-electron chi connectivity index (χ1n) is 13.1. The first-order chi connectivity index (χ1) is 19.8. The normalized spacial score (nSPS) is 14.9. The van der Waals surface area contributed by atoms with Gasteiger partial charge in [-0.3, -0.25) is 0 Å². The highest BCUT2D eigenvalue weighted by Crippen LogP contribution is 2.43. The summed E-state index contributed by atoms with van der Waals surface area (Å²) in [4.78, 5) is 26.1. The summed E-state index contributed by atoms with van der Waals surface area (Å²) in [5, 5.41) is 15.8. The molecule has 0 bridgehead atoms. The van der Waals surface area contributed by atoms with Gasteiger partial charge >= 0.3 is 11.9 Å². The van der Waals surface area contributed by atoms with Crippen LogP contribution in [0.15, 0.2) is 65.0 Å². The zero-order valence-corrected chi connectivity index (χ0v) is 24.7. The number of dihydropyridines is 1. The van der Waals surface area contributed by atoms with E-state index in [2.05, 4.69) is 16.7 Å². The Morgan fingerprint density at radius 1 is 1.02 bits per heavy atom. The van der Waals surface area contributed by atoms with E-state index in [0.717, 1.165) is 5.56 Å². The van der Waals surface area contributed by atoms with Crippen LogP contribution in [0.5, 0.6) is 0 Å². The number of ether oxygens (including phenoxy) is 4. The molecule has 2 aromatic carbocycles. The summed E-state index contributed by atoms with van der Waals surface area (Å²) < 4.78 is 21.9. The third-order valence-electron chi connectivity index (χ3n) is 6.29. The molecule has 0 spiro atoms. The maximum Gasteiger partial charge on any atom is 0.336 e. The Morgan fingerprint density at radius 2 is 1.76 bits per heavy atom. The second-order valence-electron chi connectivity index (χ2n) is 8.99. The number of halogens is 2. The predicted octanol–water partition coefficient (Wildman–Crippen LogP) is 4.64. The van der Waals surface area contributed by atoms with E-state index in [0.29, 0.717) is 48.8 Å². The van der Waals surface area contributed by atoms with Gasteiger partial charge in [0, 0.05) is 18.8 Å². The van der Waals surface area contributed by atoms with Gasteiger partial charge in [-0.2, -0.15) is 5.26 Å². The molecule has 1 heterocycles. The largest absolute Gasteiger partial charge is 0.466 e. The number of nitrogens with one attached hydrogen (secondary N) is 2. The maximum absolute atomic E-state index is 13.2. The Labute approximate surface area is 250 Å². The van der Waals surface area contributed by atoms with E-state index < -0.39 is 17.9 Å². The van der Waals surface area contributed by atoms with Crippen LogP contribution in [0.25, 0.3) is 0 Å². The van der Waals surface area contributed by atoms with Crippen molar-refractivity contribution in [2.45, 2.75) is 26.3 Å². The molecule has 2 aromatic rings. The Hall–Kier alpha value is -3.39. The van der Waals surface area contributed by atoms with Gasteiger partial charge < -0.3 is 29.6 Å². The monoisotopic (exact) mass is 601 g/mol. The highest BCUT2D eigenvalue weighted by Gasteiger charge is 2.40. The number of benzene rings is 2. The third kappa shape index (κ3) is 8.55. The van der Waals surface area contributed by atoms with Crippen molar-refractivity contribution in [1.29, 1.82) is 5.26 Å². The number of allylic oxidation sites excluding steroid dienone is 1. The van der Waals surface area contributed by atoms with Crippen LogP contribution in [0.4, 0.5) is 0 Å². The Kier molecular flexibility index (Phi) is 12.7. The lowest BCUT2D eigenvalue weighted by Gasteiger charge is -2.31. The van der Waals surface area contributed by atoms with Crippen LogP contribution in [-0.4, -0.2) is 58.6 Å². The zero-order chi connectivity index (χ0) is 29.8. The van der Waals surface area contributed by atoms with E-state index in [-0.39, 0.29) is 41.0 Å². The van der Waals surface area contributed by atoms with E-state index in [1.54, 1.807) is 44.2 Å². The summed E-state index contributed by atoms with van der Waals surface area (Å²) in [5.74, 6) is -2.11. The van der Waals surface area contributed by atoms with Crippen molar-refractivity contribution in [2.24, 2.45) is 0 Å². The molecule has 0 saturated heterocycles. The van der Waals surface area contributed by atoms with E-state index in [1.165, 1.54) is 7.11 Å². The molecule has 1 atom stereocenters. The molecule has 0 radical (unpaired) electrons. The molecule has 1 unspecified atom stereocenters. The van der Waals surface area contributed by atoms with Crippen LogP contribution in [0, 0.1) is 11.3 Å². The van der Waals surface area contributed by atoms with Crippen molar-refractivity contribution in [2.75, 3.05) is 46.7 Å². The fourth-order valence-corrected chi connectivity index (χ4v) is 4.78. The summed E-state index contributed by atoms with van der Waals surface area (Å²) in [5.41, 5.74) is 3.53. The summed E-state index contributed by atoms with van der Waals surface area (Å²) in [7, 11) is 1.27. The molecule has 2 N–H and O–H groups in total. The van der Waals surface area contributed by atoms with Crippen molar-refractivity contribution in [3.63, 3.8) is 0 Å². The number of nitriles is 1. The molecule has 1 aliphatic rings. The van der Waals surface area contributed by atoms with Gasteiger partial charge in [-0.25, -0.2) is 9.59 Å². The SMILES string of the molecule is CCOC(=O)C1=C(COCCOCCNCc2ccc(C#N)cc2)NC(C)=C(C(=O)OC)C1c1cccc(Cl)c1Cl. The quantitative estimate of drug-likeness (QED) is 0.236. The molecular weight excluding hydrogens is 569 g/mol. The molecule has 11 heteroatoms. The second-order valence-corrected chi connectivity index (χ2v) is 9.78. The molecule has 218 valence electrons. The van der Waals surface area contributed by atoms with Gasteiger partial charge in [0.25, 0.3) is 0 Å². The van der Waals surface area contributed by atoms with Gasteiger partial charge in [-0.05, 0) is 43.2 Å². The van der Waals surface area contributed by atoms with E-state index in [1.807, 2.05) is 12.1 Å². The predicted molar refractivity (Wildman–Crippen MR) is 155 cm³/mol. The van der Waals surface area contributed by atoms with Gasteiger partial charge in [-0.15, -0.1) is 0 Å². The standard InChI is InChI=1S/C30H33Cl2N3O6/c1-4-41-30(37)27-24(18-40-15-14-39-13-12-34-17-21-10-8-20(16-33)9-11-21)35-19(2)25(29(36)38-3)26(27)22-6-5-7-23(31)28(22)32/h5-11,26,34-35H,4,12-15,17-18H2,1-3H3. The van der Waals surface area contributed by atoms with Crippen molar-refractivity contribution in [3.8, 4) is 6.07 Å². The Balaban J connectivity index is 1.64. The zero-order valence-electron chi connectivity index (χ0n) is 23.2. The van der Waals surface area contributed by atoms with Crippen LogP contribution in [0.2, 0.25) is 10.0 Å². The van der Waals surface area contributed by atoms with Crippen molar-refractivity contribution < 1.29 is 28.5 Å². The van der Waals surface area contributed by atoms with Gasteiger partial charge in [0.2, 0.25) is 0 Å². The van der Waals surface area contributed by atoms with Crippen LogP contribution in [-0.2, 0) is 35.1 Å². The smallest absolute Gasteiger partial charge is 0.336 e. The minimum atomic E-state index is -0.883. The fraction of sp³-hybridized carbons (Fsp3) is 0.367. The highest BCUT2D eigenvalue weighted by molar-refractivity contribution is 6.42. The fourth-order valence-electron chi connectivity index (χ4n) is 4.36. The van der Waals surface area contributed by atoms with Crippen molar-refractivity contribution in [1.82, 2.24) is 10.6 Å². The molecule has 9 nitrogen and oxygen atoms in total. The number of hydrogen-bond acceptors (Lipinski definition) is 9. The summed E-state index contributed by atoms with van der Waals surface area (Å²) in [6, 6.07) is 14.5. The number of methoxy groups -OCH3 is 1. The van der Waals surface area contributed by atoms with Crippen LogP contribution >= 0.6 is 23.2 Å². The van der Waals surface area contributed by atoms with E-state index in [9.17, 15) is 9.59 Å². The van der Waals surface area contributed by atoms with E-state index in [4.69, 9.17) is 47.4 Å². The van der Waals surface area contributed by atoms with E-state index >= 15 is 0 Å². The summed E-state index contributed by atoms with van der Waals surface area (Å²) >= 11 is 12.9. The molecule has 0 aliphatic carbocycles. The topological polar surface area (TPSA) is 119 Å². The number of esters is 2. The van der Waals surface area contributed by atoms with Gasteiger partial charge in [-0.1, -0.05) is 47.5 Å². The second kappa shape index (κ2) is 16.2. The minimum absolute atomic E-state index is 0.0366. The molecule has 0 fully saturated rings. The van der Waals surface area contributed by atoms with Crippen molar-refractivity contribution >= 4 is 35.1 Å². The summed E-state index contributed by atoms with van der Waals surface area (Å²) in [6.07, 6.45) is 0. The molecule has 41 heavy (non-hydrogen) atoms. The average Bonchev–Trinajstić information content (AvgIpc) is 2.97. The lowest BCUT2D eigenvalue weighted by atomic mass is 9.80. The van der Waals surface area contributed by atoms with Gasteiger partial charge in [0.05, 0.1) is 84.6 Å². The molecule has 0 amide bonds. The van der Waals surface area contributed by atoms with Gasteiger partial charge in [0.1, 0.15) is 0 Å². The number of hydrogen-bond donors (Lipinski definition) is 2. The molecule has 3 rings (SSSR count). The Morgan fingerprint density at radius 3 is 2.44 bits per heavy atom. The number of rotatable bonds is 14. The third-order valence-corrected chi connectivity index (χ3v) is 7.13.